The Hall–Kier alpha value is -3.62. The van der Waals surface area contributed by atoms with Crippen LogP contribution in [0.2, 0.25) is 0 Å². The topological polar surface area (TPSA) is 129 Å². The second kappa shape index (κ2) is 7.77. The lowest BCUT2D eigenvalue weighted by atomic mass is 10.1. The van der Waals surface area contributed by atoms with Crippen LogP contribution in [0, 0.1) is 10.1 Å². The molecule has 0 aliphatic carbocycles. The third-order valence-corrected chi connectivity index (χ3v) is 3.22. The fourth-order valence-corrected chi connectivity index (χ4v) is 2.02. The van der Waals surface area contributed by atoms with Crippen molar-refractivity contribution in [2.24, 2.45) is 5.10 Å². The Morgan fingerprint density at radius 1 is 1.24 bits per heavy atom. The summed E-state index contributed by atoms with van der Waals surface area (Å²) < 4.78 is 10.3. The number of nitro groups is 1. The number of hydrazone groups is 1. The average Bonchev–Trinajstić information content (AvgIpc) is 2.61. The molecule has 0 atom stereocenters. The molecule has 0 aromatic heterocycles. The first-order valence-electron chi connectivity index (χ1n) is 7.05. The van der Waals surface area contributed by atoms with Crippen molar-refractivity contribution < 1.29 is 19.2 Å². The lowest BCUT2D eigenvalue weighted by molar-refractivity contribution is -0.384. The number of nitro benzene ring substituents is 1. The summed E-state index contributed by atoms with van der Waals surface area (Å²) in [6, 6.07) is 8.71. The fraction of sp³-hybridized carbons (Fsp3) is 0.125. The van der Waals surface area contributed by atoms with Gasteiger partial charge >= 0.3 is 0 Å². The highest BCUT2D eigenvalue weighted by molar-refractivity contribution is 5.96. The number of amides is 1. The largest absolute Gasteiger partial charge is 0.497 e. The van der Waals surface area contributed by atoms with Gasteiger partial charge in [0.15, 0.2) is 0 Å². The van der Waals surface area contributed by atoms with Gasteiger partial charge in [-0.1, -0.05) is 0 Å². The zero-order valence-corrected chi connectivity index (χ0v) is 13.6. The molecule has 2 aromatic rings. The number of methoxy groups -OCH3 is 2. The molecular formula is C16H16N4O5. The highest BCUT2D eigenvalue weighted by Crippen LogP contribution is 2.23. The number of nitrogens with one attached hydrogen (secondary N) is 1. The molecule has 0 saturated carbocycles. The molecule has 0 saturated heterocycles. The number of carbonyl (C=O) groups excluding carboxylic acids is 1. The number of anilines is 1. The summed E-state index contributed by atoms with van der Waals surface area (Å²) in [7, 11) is 3.03. The number of hydrogen-bond acceptors (Lipinski definition) is 7. The predicted molar refractivity (Wildman–Crippen MR) is 92.1 cm³/mol. The highest BCUT2D eigenvalue weighted by atomic mass is 16.6. The Balaban J connectivity index is 2.15. The summed E-state index contributed by atoms with van der Waals surface area (Å²) in [6.45, 7) is 0. The maximum Gasteiger partial charge on any atom is 0.272 e. The Kier molecular flexibility index (Phi) is 5.51. The van der Waals surface area contributed by atoms with Gasteiger partial charge in [-0.3, -0.25) is 14.9 Å². The molecule has 2 aromatic carbocycles. The average molecular weight is 344 g/mol. The zero-order valence-electron chi connectivity index (χ0n) is 13.6. The standard InChI is InChI=1S/C16H16N4O5/c1-24-14-4-3-10(15(8-14)25-2)9-18-19-16(21)11-5-12(17)7-13(6-11)20(22)23/h3-9H,17H2,1-2H3,(H,19,21)/b18-9+. The molecule has 2 rings (SSSR count). The Morgan fingerprint density at radius 3 is 2.64 bits per heavy atom. The van der Waals surface area contributed by atoms with Crippen LogP contribution >= 0.6 is 0 Å². The molecule has 130 valence electrons. The maximum absolute atomic E-state index is 12.1. The summed E-state index contributed by atoms with van der Waals surface area (Å²) in [5.74, 6) is 0.501. The molecule has 0 fully saturated rings. The van der Waals surface area contributed by atoms with Crippen LogP contribution < -0.4 is 20.6 Å². The van der Waals surface area contributed by atoms with Crippen molar-refractivity contribution in [2.45, 2.75) is 0 Å². The van der Waals surface area contributed by atoms with Crippen LogP contribution in [-0.4, -0.2) is 31.3 Å². The summed E-state index contributed by atoms with van der Waals surface area (Å²) in [5, 5.41) is 14.6. The first kappa shape index (κ1) is 17.7. The van der Waals surface area contributed by atoms with Crippen LogP contribution in [0.4, 0.5) is 11.4 Å². The Morgan fingerprint density at radius 2 is 2.00 bits per heavy atom. The minimum atomic E-state index is -0.626. The van der Waals surface area contributed by atoms with Gasteiger partial charge in [-0.25, -0.2) is 5.43 Å². The lowest BCUT2D eigenvalue weighted by Gasteiger charge is -2.07. The molecule has 0 unspecified atom stereocenters. The molecule has 0 bridgehead atoms. The van der Waals surface area contributed by atoms with Crippen molar-refractivity contribution in [2.75, 3.05) is 20.0 Å². The number of nitrogen functional groups attached to an aromatic ring is 1. The summed E-state index contributed by atoms with van der Waals surface area (Å²) in [4.78, 5) is 22.3. The second-order valence-electron chi connectivity index (χ2n) is 4.88. The highest BCUT2D eigenvalue weighted by Gasteiger charge is 2.13. The second-order valence-corrected chi connectivity index (χ2v) is 4.88. The molecule has 25 heavy (non-hydrogen) atoms. The van der Waals surface area contributed by atoms with Gasteiger partial charge in [0, 0.05) is 29.4 Å². The van der Waals surface area contributed by atoms with Gasteiger partial charge in [0.25, 0.3) is 11.6 Å². The monoisotopic (exact) mass is 344 g/mol. The van der Waals surface area contributed by atoms with Crippen molar-refractivity contribution in [3.8, 4) is 11.5 Å². The van der Waals surface area contributed by atoms with E-state index in [1.54, 1.807) is 18.2 Å². The van der Waals surface area contributed by atoms with Crippen molar-refractivity contribution in [3.63, 3.8) is 0 Å². The number of rotatable bonds is 6. The number of non-ortho nitro benzene ring substituents is 1. The first-order valence-corrected chi connectivity index (χ1v) is 7.05. The van der Waals surface area contributed by atoms with Gasteiger partial charge in [0.05, 0.1) is 30.9 Å². The van der Waals surface area contributed by atoms with E-state index >= 15 is 0 Å². The van der Waals surface area contributed by atoms with Gasteiger partial charge < -0.3 is 15.2 Å². The van der Waals surface area contributed by atoms with Gasteiger partial charge in [-0.15, -0.1) is 0 Å². The number of nitrogens with zero attached hydrogens (tertiary/aromatic N) is 2. The van der Waals surface area contributed by atoms with E-state index in [-0.39, 0.29) is 16.9 Å². The van der Waals surface area contributed by atoms with Crippen molar-refractivity contribution >= 4 is 23.5 Å². The summed E-state index contributed by atoms with van der Waals surface area (Å²) >= 11 is 0. The number of ether oxygens (including phenoxy) is 2. The van der Waals surface area contributed by atoms with E-state index in [4.69, 9.17) is 15.2 Å². The Bertz CT molecular complexity index is 835. The minimum absolute atomic E-state index is 0.0329. The van der Waals surface area contributed by atoms with E-state index in [0.29, 0.717) is 17.1 Å². The molecule has 0 spiro atoms. The number of nitrogens with two attached hydrogens (primary N) is 1. The van der Waals surface area contributed by atoms with Crippen molar-refractivity contribution in [3.05, 3.63) is 57.6 Å². The third kappa shape index (κ3) is 4.44. The van der Waals surface area contributed by atoms with Gasteiger partial charge in [-0.05, 0) is 18.2 Å². The molecule has 0 aliphatic rings. The number of hydrogen-bond donors (Lipinski definition) is 2. The molecule has 1 amide bonds. The van der Waals surface area contributed by atoms with E-state index in [1.807, 2.05) is 0 Å². The molecule has 9 heteroatoms. The molecule has 0 heterocycles. The van der Waals surface area contributed by atoms with Crippen LogP contribution in [0.1, 0.15) is 15.9 Å². The maximum atomic E-state index is 12.1. The SMILES string of the molecule is COc1ccc(/C=N/NC(=O)c2cc(N)cc([N+](=O)[O-])c2)c(OC)c1. The van der Waals surface area contributed by atoms with Crippen LogP contribution in [0.15, 0.2) is 41.5 Å². The quantitative estimate of drug-likeness (QED) is 0.357. The van der Waals surface area contributed by atoms with Gasteiger partial charge in [0.2, 0.25) is 0 Å². The lowest BCUT2D eigenvalue weighted by Crippen LogP contribution is -2.18. The van der Waals surface area contributed by atoms with Crippen molar-refractivity contribution in [1.29, 1.82) is 0 Å². The van der Waals surface area contributed by atoms with E-state index in [2.05, 4.69) is 10.5 Å². The smallest absolute Gasteiger partial charge is 0.272 e. The van der Waals surface area contributed by atoms with Crippen LogP contribution in [0.3, 0.4) is 0 Å². The minimum Gasteiger partial charge on any atom is -0.497 e. The van der Waals surface area contributed by atoms with E-state index in [1.165, 1.54) is 32.6 Å². The van der Waals surface area contributed by atoms with Crippen LogP contribution in [0.5, 0.6) is 11.5 Å². The molecule has 3 N–H and O–H groups in total. The van der Waals surface area contributed by atoms with E-state index in [0.717, 1.165) is 6.07 Å². The molecule has 0 aliphatic heterocycles. The molecule has 9 nitrogen and oxygen atoms in total. The normalized spacial score (nSPS) is 10.5. The summed E-state index contributed by atoms with van der Waals surface area (Å²) in [5.41, 5.74) is 8.34. The third-order valence-electron chi connectivity index (χ3n) is 3.22. The fourth-order valence-electron chi connectivity index (χ4n) is 2.02. The van der Waals surface area contributed by atoms with Crippen LogP contribution in [0.25, 0.3) is 0 Å². The zero-order chi connectivity index (χ0) is 18.4. The van der Waals surface area contributed by atoms with Crippen LogP contribution in [-0.2, 0) is 0 Å². The van der Waals surface area contributed by atoms with Crippen molar-refractivity contribution in [1.82, 2.24) is 5.43 Å². The van der Waals surface area contributed by atoms with Gasteiger partial charge in [-0.2, -0.15) is 5.10 Å². The predicted octanol–water partition coefficient (Wildman–Crippen LogP) is 1.96. The van der Waals surface area contributed by atoms with E-state index < -0.39 is 10.8 Å². The molecule has 0 radical (unpaired) electrons. The summed E-state index contributed by atoms with van der Waals surface area (Å²) in [6.07, 6.45) is 1.39. The first-order chi connectivity index (χ1) is 11.9. The van der Waals surface area contributed by atoms with E-state index in [9.17, 15) is 14.9 Å². The van der Waals surface area contributed by atoms with Gasteiger partial charge in [0.1, 0.15) is 11.5 Å². The molecular weight excluding hydrogens is 328 g/mol. The Labute approximate surface area is 143 Å². The number of benzene rings is 2. The number of carbonyl (C=O) groups is 1.